The Morgan fingerprint density at radius 1 is 1.33 bits per heavy atom. The van der Waals surface area contributed by atoms with E-state index in [9.17, 15) is 0 Å². The normalized spacial score (nSPS) is 17.0. The molecule has 112 valence electrons. The number of nitrogens with zero attached hydrogens (tertiary/aromatic N) is 3. The van der Waals surface area contributed by atoms with Crippen LogP contribution in [0.25, 0.3) is 0 Å². The molecule has 0 saturated carbocycles. The highest BCUT2D eigenvalue weighted by Gasteiger charge is 2.21. The van der Waals surface area contributed by atoms with Crippen molar-refractivity contribution in [3.8, 4) is 11.5 Å². The molecule has 1 aliphatic heterocycles. The van der Waals surface area contributed by atoms with E-state index in [0.29, 0.717) is 13.2 Å². The average molecular weight is 306 g/mol. The van der Waals surface area contributed by atoms with Crippen LogP contribution in [0, 0.1) is 6.92 Å². The van der Waals surface area contributed by atoms with Crippen LogP contribution in [-0.4, -0.2) is 39.8 Å². The zero-order chi connectivity index (χ0) is 14.7. The molecule has 6 nitrogen and oxygen atoms in total. The lowest BCUT2D eigenvalue weighted by molar-refractivity contribution is 0.107. The van der Waals surface area contributed by atoms with Gasteiger partial charge in [-0.3, -0.25) is 0 Å². The number of ether oxygens (including phenoxy) is 2. The number of nitrogens with two attached hydrogens (primary N) is 1. The molecule has 1 aromatic carbocycles. The second-order valence-electron chi connectivity index (χ2n) is 4.78. The third kappa shape index (κ3) is 3.14. The fourth-order valence-corrected chi connectivity index (χ4v) is 3.14. The molecule has 2 heterocycles. The predicted octanol–water partition coefficient (Wildman–Crippen LogP) is 1.48. The minimum atomic E-state index is 0.00762. The molecule has 0 bridgehead atoms. The molecule has 0 radical (unpaired) electrons. The molecule has 0 fully saturated rings. The van der Waals surface area contributed by atoms with Crippen molar-refractivity contribution in [1.29, 1.82) is 0 Å². The SMILES string of the molecule is Cc1nnc(SCC2COc3ccccc3O2)n1CCN. The highest BCUT2D eigenvalue weighted by Crippen LogP contribution is 2.32. The number of fused-ring (bicyclic) bond motifs is 1. The largest absolute Gasteiger partial charge is 0.486 e. The number of aryl methyl sites for hydroxylation is 1. The van der Waals surface area contributed by atoms with Gasteiger partial charge in [0.15, 0.2) is 16.7 Å². The fourth-order valence-electron chi connectivity index (χ4n) is 2.17. The van der Waals surface area contributed by atoms with Crippen molar-refractivity contribution < 1.29 is 9.47 Å². The van der Waals surface area contributed by atoms with Gasteiger partial charge in [-0.15, -0.1) is 10.2 Å². The molecule has 3 rings (SSSR count). The van der Waals surface area contributed by atoms with Gasteiger partial charge in [0.1, 0.15) is 18.5 Å². The van der Waals surface area contributed by atoms with Crippen LogP contribution >= 0.6 is 11.8 Å². The summed E-state index contributed by atoms with van der Waals surface area (Å²) in [6, 6.07) is 7.72. The molecule has 21 heavy (non-hydrogen) atoms. The van der Waals surface area contributed by atoms with E-state index < -0.39 is 0 Å². The first-order valence-electron chi connectivity index (χ1n) is 6.89. The monoisotopic (exact) mass is 306 g/mol. The van der Waals surface area contributed by atoms with E-state index in [2.05, 4.69) is 10.2 Å². The topological polar surface area (TPSA) is 75.2 Å². The van der Waals surface area contributed by atoms with Crippen LogP contribution in [-0.2, 0) is 6.54 Å². The summed E-state index contributed by atoms with van der Waals surface area (Å²) in [5.41, 5.74) is 5.62. The fraction of sp³-hybridized carbons (Fsp3) is 0.429. The highest BCUT2D eigenvalue weighted by molar-refractivity contribution is 7.99. The van der Waals surface area contributed by atoms with Crippen molar-refractivity contribution in [2.24, 2.45) is 5.73 Å². The van der Waals surface area contributed by atoms with Crippen LogP contribution in [0.1, 0.15) is 5.82 Å². The van der Waals surface area contributed by atoms with Crippen molar-refractivity contribution in [3.63, 3.8) is 0 Å². The summed E-state index contributed by atoms with van der Waals surface area (Å²) in [4.78, 5) is 0. The molecular formula is C14H18N4O2S. The summed E-state index contributed by atoms with van der Waals surface area (Å²) in [5, 5.41) is 9.16. The van der Waals surface area contributed by atoms with Gasteiger partial charge in [-0.25, -0.2) is 0 Å². The van der Waals surface area contributed by atoms with E-state index in [0.717, 1.165) is 34.8 Å². The van der Waals surface area contributed by atoms with Gasteiger partial charge in [0, 0.05) is 18.8 Å². The number of rotatable bonds is 5. The summed E-state index contributed by atoms with van der Waals surface area (Å²) >= 11 is 1.62. The van der Waals surface area contributed by atoms with Gasteiger partial charge in [-0.05, 0) is 19.1 Å². The number of thioether (sulfide) groups is 1. The molecule has 0 saturated heterocycles. The van der Waals surface area contributed by atoms with Crippen LogP contribution in [0.5, 0.6) is 11.5 Å². The van der Waals surface area contributed by atoms with Gasteiger partial charge in [-0.1, -0.05) is 23.9 Å². The third-order valence-corrected chi connectivity index (χ3v) is 4.32. The van der Waals surface area contributed by atoms with Crippen LogP contribution in [0.3, 0.4) is 0 Å². The minimum Gasteiger partial charge on any atom is -0.486 e. The summed E-state index contributed by atoms with van der Waals surface area (Å²) in [6.07, 6.45) is 0.00762. The van der Waals surface area contributed by atoms with Gasteiger partial charge in [0.2, 0.25) is 0 Å². The molecule has 2 N–H and O–H groups in total. The maximum atomic E-state index is 5.93. The van der Waals surface area contributed by atoms with Crippen molar-refractivity contribution in [3.05, 3.63) is 30.1 Å². The Hall–Kier alpha value is -1.73. The Balaban J connectivity index is 1.62. The Bertz CT molecular complexity index is 617. The second-order valence-corrected chi connectivity index (χ2v) is 5.77. The lowest BCUT2D eigenvalue weighted by atomic mass is 10.3. The van der Waals surface area contributed by atoms with E-state index in [-0.39, 0.29) is 6.10 Å². The Morgan fingerprint density at radius 2 is 2.14 bits per heavy atom. The van der Waals surface area contributed by atoms with Gasteiger partial charge in [-0.2, -0.15) is 0 Å². The summed E-state index contributed by atoms with van der Waals surface area (Å²) < 4.78 is 13.7. The maximum absolute atomic E-state index is 5.93. The highest BCUT2D eigenvalue weighted by atomic mass is 32.2. The quantitative estimate of drug-likeness (QED) is 0.843. The van der Waals surface area contributed by atoms with E-state index in [1.54, 1.807) is 11.8 Å². The predicted molar refractivity (Wildman–Crippen MR) is 80.9 cm³/mol. The van der Waals surface area contributed by atoms with Crippen LogP contribution in [0.2, 0.25) is 0 Å². The number of hydrogen-bond acceptors (Lipinski definition) is 6. The maximum Gasteiger partial charge on any atom is 0.191 e. The number of aromatic nitrogens is 3. The molecule has 1 aromatic heterocycles. The Kier molecular flexibility index (Phi) is 4.31. The van der Waals surface area contributed by atoms with Crippen molar-refractivity contribution in [2.75, 3.05) is 18.9 Å². The summed E-state index contributed by atoms with van der Waals surface area (Å²) in [5.74, 6) is 3.25. The van der Waals surface area contributed by atoms with Gasteiger partial charge < -0.3 is 19.8 Å². The van der Waals surface area contributed by atoms with E-state index in [4.69, 9.17) is 15.2 Å². The Labute approximate surface area is 127 Å². The van der Waals surface area contributed by atoms with Crippen molar-refractivity contribution in [1.82, 2.24) is 14.8 Å². The molecule has 0 amide bonds. The van der Waals surface area contributed by atoms with Gasteiger partial charge in [0.25, 0.3) is 0 Å². The van der Waals surface area contributed by atoms with E-state index >= 15 is 0 Å². The molecular weight excluding hydrogens is 288 g/mol. The van der Waals surface area contributed by atoms with Gasteiger partial charge >= 0.3 is 0 Å². The minimum absolute atomic E-state index is 0.00762. The number of para-hydroxylation sites is 2. The third-order valence-electron chi connectivity index (χ3n) is 3.22. The van der Waals surface area contributed by atoms with E-state index in [1.165, 1.54) is 0 Å². The lowest BCUT2D eigenvalue weighted by Gasteiger charge is -2.26. The molecule has 7 heteroatoms. The van der Waals surface area contributed by atoms with E-state index in [1.807, 2.05) is 35.8 Å². The molecule has 0 aliphatic carbocycles. The first-order valence-corrected chi connectivity index (χ1v) is 7.87. The molecule has 1 aliphatic rings. The lowest BCUT2D eigenvalue weighted by Crippen LogP contribution is -2.31. The smallest absolute Gasteiger partial charge is 0.191 e. The standard InChI is InChI=1S/C14H18N4O2S/c1-10-16-17-14(18(10)7-6-15)21-9-11-8-19-12-4-2-3-5-13(12)20-11/h2-5,11H,6-9,15H2,1H3. The number of benzene rings is 1. The zero-order valence-electron chi connectivity index (χ0n) is 11.9. The summed E-state index contributed by atoms with van der Waals surface area (Å²) in [6.45, 7) is 3.78. The molecule has 2 aromatic rings. The molecule has 0 spiro atoms. The van der Waals surface area contributed by atoms with Crippen molar-refractivity contribution >= 4 is 11.8 Å². The first-order chi connectivity index (χ1) is 10.3. The summed E-state index contributed by atoms with van der Waals surface area (Å²) in [7, 11) is 0. The second kappa shape index (κ2) is 6.36. The van der Waals surface area contributed by atoms with Crippen LogP contribution in [0.15, 0.2) is 29.4 Å². The number of hydrogen-bond donors (Lipinski definition) is 1. The van der Waals surface area contributed by atoms with Crippen LogP contribution in [0.4, 0.5) is 0 Å². The van der Waals surface area contributed by atoms with Crippen molar-refractivity contribution in [2.45, 2.75) is 24.7 Å². The Morgan fingerprint density at radius 3 is 2.95 bits per heavy atom. The van der Waals surface area contributed by atoms with Crippen LogP contribution < -0.4 is 15.2 Å². The molecule has 1 atom stereocenters. The first kappa shape index (κ1) is 14.2. The van der Waals surface area contributed by atoms with Gasteiger partial charge in [0.05, 0.1) is 0 Å². The average Bonchev–Trinajstić information content (AvgIpc) is 2.86. The molecule has 1 unspecified atom stereocenters. The zero-order valence-corrected chi connectivity index (χ0v) is 12.7.